The number of ether oxygens (including phenoxy) is 2. The van der Waals surface area contributed by atoms with Crippen molar-refractivity contribution in [3.05, 3.63) is 59.9 Å². The highest BCUT2D eigenvalue weighted by molar-refractivity contribution is 5.97. The van der Waals surface area contributed by atoms with Gasteiger partial charge in [0.2, 0.25) is 0 Å². The molecule has 0 aromatic heterocycles. The van der Waals surface area contributed by atoms with Crippen molar-refractivity contribution in [3.63, 3.8) is 0 Å². The number of hydrogen-bond donors (Lipinski definition) is 2. The zero-order valence-electron chi connectivity index (χ0n) is 11.9. The summed E-state index contributed by atoms with van der Waals surface area (Å²) in [5, 5.41) is 7.38. The molecular weight excluding hydrogens is 307 g/mol. The molecule has 4 nitrogen and oxygen atoms in total. The first-order valence-corrected chi connectivity index (χ1v) is 6.62. The summed E-state index contributed by atoms with van der Waals surface area (Å²) in [6.45, 7) is 0.852. The number of nitrogens with two attached hydrogens (primary N) is 1. The van der Waals surface area contributed by atoms with Crippen molar-refractivity contribution in [2.45, 2.75) is 6.42 Å². The second kappa shape index (κ2) is 8.89. The van der Waals surface area contributed by atoms with Crippen molar-refractivity contribution in [2.24, 2.45) is 5.73 Å². The molecule has 22 heavy (non-hydrogen) atoms. The molecule has 0 atom stereocenters. The molecule has 0 aliphatic heterocycles. The standard InChI is InChI=1S/C16H17FN2O2.ClH/c17-13-8-4-9-14(15(13)16(18)19)21-11-5-10-20-12-6-2-1-3-7-12;/h1-4,6-9H,5,10-11H2,(H3,18,19);1H. The fourth-order valence-corrected chi connectivity index (χ4v) is 1.83. The van der Waals surface area contributed by atoms with Crippen LogP contribution in [0.1, 0.15) is 12.0 Å². The number of para-hydroxylation sites is 1. The maximum Gasteiger partial charge on any atom is 0.137 e. The van der Waals surface area contributed by atoms with Gasteiger partial charge in [-0.3, -0.25) is 5.41 Å². The van der Waals surface area contributed by atoms with E-state index in [4.69, 9.17) is 20.6 Å². The van der Waals surface area contributed by atoms with E-state index in [2.05, 4.69) is 0 Å². The molecule has 118 valence electrons. The number of nitrogens with one attached hydrogen (secondary N) is 1. The van der Waals surface area contributed by atoms with Gasteiger partial charge in [-0.2, -0.15) is 0 Å². The summed E-state index contributed by atoms with van der Waals surface area (Å²) in [7, 11) is 0. The van der Waals surface area contributed by atoms with Gasteiger partial charge in [0, 0.05) is 6.42 Å². The third-order valence-corrected chi connectivity index (χ3v) is 2.80. The van der Waals surface area contributed by atoms with Crippen molar-refractivity contribution in [1.29, 1.82) is 5.41 Å². The van der Waals surface area contributed by atoms with Gasteiger partial charge in [0.25, 0.3) is 0 Å². The molecule has 2 aromatic rings. The van der Waals surface area contributed by atoms with Crippen LogP contribution in [-0.4, -0.2) is 19.0 Å². The molecule has 0 unspecified atom stereocenters. The Bertz CT molecular complexity index is 608. The zero-order valence-corrected chi connectivity index (χ0v) is 12.7. The van der Waals surface area contributed by atoms with Crippen LogP contribution in [0.2, 0.25) is 0 Å². The van der Waals surface area contributed by atoms with Crippen LogP contribution in [-0.2, 0) is 0 Å². The summed E-state index contributed by atoms with van der Waals surface area (Å²) in [4.78, 5) is 0. The number of nitrogen functional groups attached to an aromatic ring is 1. The van der Waals surface area contributed by atoms with Gasteiger partial charge in [0.05, 0.1) is 18.8 Å². The van der Waals surface area contributed by atoms with E-state index in [0.29, 0.717) is 19.6 Å². The van der Waals surface area contributed by atoms with Crippen LogP contribution in [0, 0.1) is 11.2 Å². The minimum Gasteiger partial charge on any atom is -0.493 e. The zero-order chi connectivity index (χ0) is 15.1. The van der Waals surface area contributed by atoms with Gasteiger partial charge in [-0.15, -0.1) is 12.4 Å². The van der Waals surface area contributed by atoms with Gasteiger partial charge in [-0.25, -0.2) is 4.39 Å². The molecule has 0 amide bonds. The second-order valence-corrected chi connectivity index (χ2v) is 4.39. The number of rotatable bonds is 7. The first-order chi connectivity index (χ1) is 10.2. The molecule has 0 bridgehead atoms. The Labute approximate surface area is 135 Å². The topological polar surface area (TPSA) is 68.3 Å². The SMILES string of the molecule is Cl.N=C(N)c1c(F)cccc1OCCCOc1ccccc1. The fourth-order valence-electron chi connectivity index (χ4n) is 1.83. The molecule has 0 aliphatic carbocycles. The quantitative estimate of drug-likeness (QED) is 0.466. The van der Waals surface area contributed by atoms with Crippen LogP contribution in [0.25, 0.3) is 0 Å². The van der Waals surface area contributed by atoms with Crippen molar-refractivity contribution >= 4 is 18.2 Å². The Kier molecular flexibility index (Phi) is 7.19. The van der Waals surface area contributed by atoms with E-state index in [1.54, 1.807) is 6.07 Å². The Morgan fingerprint density at radius 2 is 1.68 bits per heavy atom. The summed E-state index contributed by atoms with van der Waals surface area (Å²) in [5.74, 6) is 0.180. The van der Waals surface area contributed by atoms with E-state index >= 15 is 0 Å². The number of halogens is 2. The van der Waals surface area contributed by atoms with E-state index in [-0.39, 0.29) is 29.6 Å². The normalized spacial score (nSPS) is 9.68. The third kappa shape index (κ3) is 4.93. The van der Waals surface area contributed by atoms with E-state index in [1.807, 2.05) is 30.3 Å². The van der Waals surface area contributed by atoms with E-state index in [1.165, 1.54) is 12.1 Å². The first kappa shape index (κ1) is 17.8. The molecule has 6 heteroatoms. The molecule has 2 rings (SSSR count). The van der Waals surface area contributed by atoms with Gasteiger partial charge < -0.3 is 15.2 Å². The minimum absolute atomic E-state index is 0. The Balaban J connectivity index is 0.00000242. The summed E-state index contributed by atoms with van der Waals surface area (Å²) >= 11 is 0. The maximum atomic E-state index is 13.6. The average molecular weight is 325 g/mol. The van der Waals surface area contributed by atoms with Crippen molar-refractivity contribution < 1.29 is 13.9 Å². The van der Waals surface area contributed by atoms with Gasteiger partial charge >= 0.3 is 0 Å². The molecular formula is C16H18ClFN2O2. The molecule has 0 aliphatic rings. The van der Waals surface area contributed by atoms with Gasteiger partial charge in [0.1, 0.15) is 23.2 Å². The van der Waals surface area contributed by atoms with Crippen molar-refractivity contribution in [1.82, 2.24) is 0 Å². The number of hydrogen-bond acceptors (Lipinski definition) is 3. The number of benzene rings is 2. The van der Waals surface area contributed by atoms with E-state index in [9.17, 15) is 4.39 Å². The smallest absolute Gasteiger partial charge is 0.137 e. The molecule has 0 radical (unpaired) electrons. The summed E-state index contributed by atoms with van der Waals surface area (Å²) in [6, 6.07) is 13.8. The summed E-state index contributed by atoms with van der Waals surface area (Å²) in [5.41, 5.74) is 5.36. The Hall–Kier alpha value is -2.27. The minimum atomic E-state index is -0.555. The van der Waals surface area contributed by atoms with E-state index < -0.39 is 5.82 Å². The lowest BCUT2D eigenvalue weighted by Gasteiger charge is -2.11. The predicted molar refractivity (Wildman–Crippen MR) is 86.7 cm³/mol. The monoisotopic (exact) mass is 324 g/mol. The van der Waals surface area contributed by atoms with Gasteiger partial charge in [-0.1, -0.05) is 24.3 Å². The van der Waals surface area contributed by atoms with Crippen LogP contribution in [0.4, 0.5) is 4.39 Å². The molecule has 2 aromatic carbocycles. The predicted octanol–water partition coefficient (Wildman–Crippen LogP) is 3.38. The molecule has 0 saturated heterocycles. The number of amidine groups is 1. The third-order valence-electron chi connectivity index (χ3n) is 2.80. The average Bonchev–Trinajstić information content (AvgIpc) is 2.47. The second-order valence-electron chi connectivity index (χ2n) is 4.39. The Morgan fingerprint density at radius 1 is 1.00 bits per heavy atom. The lowest BCUT2D eigenvalue weighted by molar-refractivity contribution is 0.246. The lowest BCUT2D eigenvalue weighted by Crippen LogP contribution is -2.16. The highest BCUT2D eigenvalue weighted by atomic mass is 35.5. The van der Waals surface area contributed by atoms with Crippen LogP contribution < -0.4 is 15.2 Å². The Morgan fingerprint density at radius 3 is 2.36 bits per heavy atom. The lowest BCUT2D eigenvalue weighted by atomic mass is 10.1. The molecule has 3 N–H and O–H groups in total. The van der Waals surface area contributed by atoms with Crippen molar-refractivity contribution in [3.8, 4) is 11.5 Å². The molecule has 0 spiro atoms. The van der Waals surface area contributed by atoms with Crippen LogP contribution in [0.15, 0.2) is 48.5 Å². The highest BCUT2D eigenvalue weighted by Gasteiger charge is 2.12. The van der Waals surface area contributed by atoms with Crippen LogP contribution in [0.3, 0.4) is 0 Å². The first-order valence-electron chi connectivity index (χ1n) is 6.62. The molecule has 0 heterocycles. The summed E-state index contributed by atoms with van der Waals surface area (Å²) in [6.07, 6.45) is 0.642. The van der Waals surface area contributed by atoms with Crippen molar-refractivity contribution in [2.75, 3.05) is 13.2 Å². The van der Waals surface area contributed by atoms with Crippen LogP contribution in [0.5, 0.6) is 11.5 Å². The molecule has 0 fully saturated rings. The van der Waals surface area contributed by atoms with Gasteiger partial charge in [0.15, 0.2) is 0 Å². The summed E-state index contributed by atoms with van der Waals surface area (Å²) < 4.78 is 24.6. The molecule has 0 saturated carbocycles. The van der Waals surface area contributed by atoms with E-state index in [0.717, 1.165) is 5.75 Å². The fraction of sp³-hybridized carbons (Fsp3) is 0.188. The highest BCUT2D eigenvalue weighted by Crippen LogP contribution is 2.21. The maximum absolute atomic E-state index is 13.6. The van der Waals surface area contributed by atoms with Gasteiger partial charge in [-0.05, 0) is 24.3 Å². The van der Waals surface area contributed by atoms with Crippen LogP contribution >= 0.6 is 12.4 Å². The largest absolute Gasteiger partial charge is 0.493 e.